The highest BCUT2D eigenvalue weighted by molar-refractivity contribution is 5.66. The summed E-state index contributed by atoms with van der Waals surface area (Å²) in [5.41, 5.74) is -0.602. The lowest BCUT2D eigenvalue weighted by Crippen LogP contribution is -2.37. The largest absolute Gasteiger partial charge is 0.491 e. The van der Waals surface area contributed by atoms with E-state index >= 15 is 4.39 Å². The van der Waals surface area contributed by atoms with Crippen LogP contribution in [-0.4, -0.2) is 25.9 Å². The van der Waals surface area contributed by atoms with Crippen molar-refractivity contribution in [3.8, 4) is 16.9 Å². The Morgan fingerprint density at radius 3 is 2.15 bits per heavy atom. The summed E-state index contributed by atoms with van der Waals surface area (Å²) < 4.78 is 75.8. The molecule has 0 aliphatic carbocycles. The van der Waals surface area contributed by atoms with Crippen LogP contribution in [0.3, 0.4) is 0 Å². The van der Waals surface area contributed by atoms with Crippen LogP contribution < -0.4 is 4.74 Å². The average molecular weight is 481 g/mol. The number of benzene rings is 2. The van der Waals surface area contributed by atoms with Gasteiger partial charge in [0.15, 0.2) is 23.2 Å². The second-order valence-corrected chi connectivity index (χ2v) is 9.27. The molecule has 34 heavy (non-hydrogen) atoms. The first-order chi connectivity index (χ1) is 16.4. The molecule has 0 N–H and O–H groups in total. The first-order valence-corrected chi connectivity index (χ1v) is 12.3. The zero-order chi connectivity index (χ0) is 24.2. The van der Waals surface area contributed by atoms with Gasteiger partial charge in [-0.2, -0.15) is 4.39 Å². The first kappa shape index (κ1) is 25.0. The lowest BCUT2D eigenvalue weighted by atomic mass is 9.85. The van der Waals surface area contributed by atoms with Crippen LogP contribution in [0.25, 0.3) is 11.1 Å². The van der Waals surface area contributed by atoms with E-state index in [4.69, 9.17) is 14.2 Å². The van der Waals surface area contributed by atoms with E-state index in [0.717, 1.165) is 32.3 Å². The van der Waals surface area contributed by atoms with Crippen LogP contribution in [-0.2, 0) is 9.47 Å². The highest BCUT2D eigenvalue weighted by atomic mass is 19.2. The van der Waals surface area contributed by atoms with E-state index in [1.165, 1.54) is 30.7 Å². The summed E-state index contributed by atoms with van der Waals surface area (Å²) in [6.07, 6.45) is 5.42. The Labute approximate surface area is 198 Å². The molecule has 7 heteroatoms. The van der Waals surface area contributed by atoms with Crippen molar-refractivity contribution in [3.63, 3.8) is 0 Å². The van der Waals surface area contributed by atoms with Crippen LogP contribution in [0, 0.1) is 35.1 Å². The maximum Gasteiger partial charge on any atom is 0.201 e. The number of hydrogen-bond acceptors (Lipinski definition) is 3. The lowest BCUT2D eigenvalue weighted by molar-refractivity contribution is -0.105. The summed E-state index contributed by atoms with van der Waals surface area (Å²) in [4.78, 5) is 0. The van der Waals surface area contributed by atoms with Gasteiger partial charge in [-0.05, 0) is 57.1 Å². The second kappa shape index (κ2) is 11.1. The predicted octanol–water partition coefficient (Wildman–Crippen LogP) is 7.37. The highest BCUT2D eigenvalue weighted by Gasteiger charge is 2.34. The van der Waals surface area contributed by atoms with Crippen molar-refractivity contribution in [2.24, 2.45) is 11.8 Å². The van der Waals surface area contributed by atoms with Gasteiger partial charge in [-0.1, -0.05) is 25.5 Å². The fourth-order valence-electron chi connectivity index (χ4n) is 5.17. The Morgan fingerprint density at radius 1 is 0.794 bits per heavy atom. The summed E-state index contributed by atoms with van der Waals surface area (Å²) in [7, 11) is 0. The zero-order valence-corrected chi connectivity index (χ0v) is 19.7. The van der Waals surface area contributed by atoms with Crippen LogP contribution in [0.1, 0.15) is 64.0 Å². The zero-order valence-electron chi connectivity index (χ0n) is 19.7. The summed E-state index contributed by atoms with van der Waals surface area (Å²) in [6, 6.07) is 5.08. The Bertz CT molecular complexity index is 980. The molecule has 3 nitrogen and oxygen atoms in total. The van der Waals surface area contributed by atoms with Crippen LogP contribution in [0.5, 0.6) is 5.75 Å². The van der Waals surface area contributed by atoms with E-state index in [9.17, 15) is 13.2 Å². The van der Waals surface area contributed by atoms with Crippen molar-refractivity contribution >= 4 is 0 Å². The van der Waals surface area contributed by atoms with Gasteiger partial charge < -0.3 is 14.2 Å². The van der Waals surface area contributed by atoms with Gasteiger partial charge in [0, 0.05) is 29.2 Å². The molecule has 0 spiro atoms. The average Bonchev–Trinajstić information content (AvgIpc) is 2.85. The molecular weight excluding hydrogens is 448 g/mol. The molecule has 2 saturated heterocycles. The van der Waals surface area contributed by atoms with E-state index in [0.29, 0.717) is 18.9 Å². The maximum absolute atomic E-state index is 15.0. The molecule has 4 atom stereocenters. The fourth-order valence-corrected chi connectivity index (χ4v) is 5.17. The van der Waals surface area contributed by atoms with Crippen molar-refractivity contribution < 1.29 is 31.8 Å². The fraction of sp³-hybridized carbons (Fsp3) is 0.556. The van der Waals surface area contributed by atoms with Crippen LogP contribution >= 0.6 is 0 Å². The Morgan fingerprint density at radius 2 is 1.53 bits per heavy atom. The quantitative estimate of drug-likeness (QED) is 0.387. The third kappa shape index (κ3) is 5.10. The van der Waals surface area contributed by atoms with E-state index in [2.05, 4.69) is 6.92 Å². The van der Waals surface area contributed by atoms with Crippen LogP contribution in [0.15, 0.2) is 24.3 Å². The second-order valence-electron chi connectivity index (χ2n) is 9.27. The third-order valence-electron chi connectivity index (χ3n) is 7.04. The SMILES string of the molecule is CCCC1CCC(C2CCC(c3ccc(-c4ccc(OCC)c(F)c4F)c(F)c3F)OC2)OC1. The molecule has 0 radical (unpaired) electrons. The van der Waals surface area contributed by atoms with Crippen molar-refractivity contribution in [2.45, 2.75) is 64.6 Å². The summed E-state index contributed by atoms with van der Waals surface area (Å²) >= 11 is 0. The van der Waals surface area contributed by atoms with Crippen LogP contribution in [0.4, 0.5) is 17.6 Å². The normalized spacial score (nSPS) is 25.4. The third-order valence-corrected chi connectivity index (χ3v) is 7.04. The van der Waals surface area contributed by atoms with Crippen molar-refractivity contribution in [2.75, 3.05) is 19.8 Å². The molecule has 4 rings (SSSR count). The monoisotopic (exact) mass is 480 g/mol. The topological polar surface area (TPSA) is 27.7 Å². The Kier molecular flexibility index (Phi) is 8.14. The molecular formula is C27H32F4O3. The maximum atomic E-state index is 15.0. The van der Waals surface area contributed by atoms with Gasteiger partial charge in [0.25, 0.3) is 0 Å². The molecule has 0 aromatic heterocycles. The predicted molar refractivity (Wildman–Crippen MR) is 122 cm³/mol. The summed E-state index contributed by atoms with van der Waals surface area (Å²) in [5, 5.41) is 0. The van der Waals surface area contributed by atoms with Gasteiger partial charge in [-0.25, -0.2) is 13.2 Å². The van der Waals surface area contributed by atoms with Gasteiger partial charge in [-0.3, -0.25) is 0 Å². The van der Waals surface area contributed by atoms with Gasteiger partial charge in [0.2, 0.25) is 5.82 Å². The molecule has 2 aliphatic heterocycles. The lowest BCUT2D eigenvalue weighted by Gasteiger charge is -2.38. The molecule has 2 aromatic rings. The molecule has 2 fully saturated rings. The molecule has 186 valence electrons. The molecule has 0 saturated carbocycles. The number of rotatable bonds is 7. The van der Waals surface area contributed by atoms with E-state index < -0.39 is 29.4 Å². The standard InChI is InChI=1S/C27H32F4O3/c1-3-5-16-6-11-21(33-14-16)17-7-12-22(34-15-17)20-9-8-18(24(28)26(20)30)19-10-13-23(32-4-2)27(31)25(19)29/h8-10,13,16-17,21-22H,3-7,11-12,14-15H2,1-2H3. The smallest absolute Gasteiger partial charge is 0.201 e. The Hall–Kier alpha value is -2.12. The van der Waals surface area contributed by atoms with Gasteiger partial charge in [0.1, 0.15) is 0 Å². The van der Waals surface area contributed by atoms with Gasteiger partial charge in [0.05, 0.1) is 25.4 Å². The van der Waals surface area contributed by atoms with Gasteiger partial charge in [-0.15, -0.1) is 0 Å². The molecule has 0 amide bonds. The minimum atomic E-state index is -1.28. The highest BCUT2D eigenvalue weighted by Crippen LogP contribution is 2.39. The summed E-state index contributed by atoms with van der Waals surface area (Å²) in [6.45, 7) is 5.18. The van der Waals surface area contributed by atoms with Crippen molar-refractivity contribution in [1.82, 2.24) is 0 Å². The number of hydrogen-bond donors (Lipinski definition) is 0. The minimum absolute atomic E-state index is 0.0964. The van der Waals surface area contributed by atoms with Crippen molar-refractivity contribution in [3.05, 3.63) is 53.1 Å². The minimum Gasteiger partial charge on any atom is -0.491 e. The molecule has 2 aliphatic rings. The first-order valence-electron chi connectivity index (χ1n) is 12.3. The van der Waals surface area contributed by atoms with E-state index in [1.807, 2.05) is 0 Å². The molecule has 2 aromatic carbocycles. The van der Waals surface area contributed by atoms with Crippen molar-refractivity contribution in [1.29, 1.82) is 0 Å². The van der Waals surface area contributed by atoms with Gasteiger partial charge >= 0.3 is 0 Å². The molecule has 0 bridgehead atoms. The Balaban J connectivity index is 1.44. The van der Waals surface area contributed by atoms with Crippen LogP contribution in [0.2, 0.25) is 0 Å². The van der Waals surface area contributed by atoms with E-state index in [1.54, 1.807) is 6.92 Å². The van der Waals surface area contributed by atoms with E-state index in [-0.39, 0.29) is 41.1 Å². The molecule has 2 heterocycles. The number of ether oxygens (including phenoxy) is 3. The molecule has 4 unspecified atom stereocenters. The number of halogens is 4. The summed E-state index contributed by atoms with van der Waals surface area (Å²) in [5.74, 6) is -4.21.